The van der Waals surface area contributed by atoms with Crippen LogP contribution >= 0.6 is 0 Å². The third kappa shape index (κ3) is 5.56. The molecule has 182 valence electrons. The van der Waals surface area contributed by atoms with Gasteiger partial charge in [-0.3, -0.25) is 0 Å². The highest BCUT2D eigenvalue weighted by Gasteiger charge is 2.57. The van der Waals surface area contributed by atoms with Gasteiger partial charge in [0.15, 0.2) is 0 Å². The second-order valence-corrected chi connectivity index (χ2v) is 9.07. The smallest absolute Gasteiger partial charge is 0.138 e. The van der Waals surface area contributed by atoms with Crippen molar-refractivity contribution in [3.63, 3.8) is 0 Å². The van der Waals surface area contributed by atoms with Crippen LogP contribution in [0.5, 0.6) is 0 Å². The van der Waals surface area contributed by atoms with Crippen LogP contribution in [0.15, 0.2) is 104 Å². The fourth-order valence-electron chi connectivity index (χ4n) is 4.79. The summed E-state index contributed by atoms with van der Waals surface area (Å²) in [6, 6.07) is 30.4. The summed E-state index contributed by atoms with van der Waals surface area (Å²) in [4.78, 5) is 0. The fourth-order valence-corrected chi connectivity index (χ4v) is 4.79. The quantitative estimate of drug-likeness (QED) is 0.385. The lowest BCUT2D eigenvalue weighted by Gasteiger charge is -2.54. The summed E-state index contributed by atoms with van der Waals surface area (Å²) in [5.74, 6) is 0. The molecule has 0 radical (unpaired) electrons. The Morgan fingerprint density at radius 2 is 1.20 bits per heavy atom. The van der Waals surface area contributed by atoms with Gasteiger partial charge in [-0.1, -0.05) is 97.1 Å². The van der Waals surface area contributed by atoms with E-state index in [9.17, 15) is 0 Å². The van der Waals surface area contributed by atoms with Gasteiger partial charge in [-0.05, 0) is 16.7 Å². The summed E-state index contributed by atoms with van der Waals surface area (Å²) in [6.45, 7) is 6.21. The Labute approximate surface area is 207 Å². The molecule has 5 rings (SSSR count). The topological polar surface area (TPSA) is 46.2 Å². The third-order valence-corrected chi connectivity index (χ3v) is 6.64. The first-order chi connectivity index (χ1) is 17.3. The normalized spacial score (nSPS) is 27.9. The standard InChI is InChI=1S/C30H32O5/c1-2-30-22-31-21-26(35-30)27(32-18-23-12-6-3-7-13-23)28(33-19-24-14-8-4-9-15-24)29(30)34-20-25-16-10-5-11-17-25/h2-17,26-29H,1,18-22H2/t26-,27+,28-,29+,30+/m1/s1. The molecule has 5 nitrogen and oxygen atoms in total. The second-order valence-electron chi connectivity index (χ2n) is 9.07. The molecule has 2 heterocycles. The predicted octanol–water partition coefficient (Wildman–Crippen LogP) is 5.10. The van der Waals surface area contributed by atoms with Crippen molar-refractivity contribution in [1.29, 1.82) is 0 Å². The maximum atomic E-state index is 6.60. The molecule has 0 spiro atoms. The van der Waals surface area contributed by atoms with Crippen LogP contribution in [-0.4, -0.2) is 43.2 Å². The molecule has 5 heteroatoms. The second kappa shape index (κ2) is 11.3. The summed E-state index contributed by atoms with van der Waals surface area (Å²) in [7, 11) is 0. The Morgan fingerprint density at radius 1 is 0.714 bits per heavy atom. The van der Waals surface area contributed by atoms with Gasteiger partial charge in [0.1, 0.15) is 30.0 Å². The van der Waals surface area contributed by atoms with E-state index in [-0.39, 0.29) is 18.3 Å². The molecule has 3 aromatic rings. The van der Waals surface area contributed by atoms with Gasteiger partial charge in [0.25, 0.3) is 0 Å². The first-order valence-electron chi connectivity index (χ1n) is 12.1. The molecule has 5 atom stereocenters. The lowest BCUT2D eigenvalue weighted by Crippen LogP contribution is -2.70. The van der Waals surface area contributed by atoms with Gasteiger partial charge >= 0.3 is 0 Å². The van der Waals surface area contributed by atoms with E-state index in [2.05, 4.69) is 30.8 Å². The number of ether oxygens (including phenoxy) is 5. The van der Waals surface area contributed by atoms with Crippen LogP contribution in [0.3, 0.4) is 0 Å². The van der Waals surface area contributed by atoms with Crippen molar-refractivity contribution >= 4 is 0 Å². The highest BCUT2D eigenvalue weighted by molar-refractivity contribution is 5.18. The van der Waals surface area contributed by atoms with Crippen LogP contribution in [0.1, 0.15) is 16.7 Å². The van der Waals surface area contributed by atoms with Gasteiger partial charge < -0.3 is 23.7 Å². The molecule has 0 saturated carbocycles. The molecule has 0 aliphatic carbocycles. The number of hydrogen-bond donors (Lipinski definition) is 0. The van der Waals surface area contributed by atoms with Gasteiger partial charge in [-0.25, -0.2) is 0 Å². The highest BCUT2D eigenvalue weighted by atomic mass is 16.7. The molecule has 0 N–H and O–H groups in total. The SMILES string of the molecule is C=C[C@@]12COC[C@@H](O1)[C@H](OCc1ccccc1)[C@@H](OCc1ccccc1)[C@@H]2OCc1ccccc1. The Morgan fingerprint density at radius 3 is 1.71 bits per heavy atom. The molecule has 3 aromatic carbocycles. The van der Waals surface area contributed by atoms with Crippen LogP contribution in [0.4, 0.5) is 0 Å². The molecular weight excluding hydrogens is 440 g/mol. The molecule has 0 unspecified atom stereocenters. The zero-order valence-corrected chi connectivity index (χ0v) is 19.8. The van der Waals surface area contributed by atoms with E-state index in [1.165, 1.54) is 0 Å². The first kappa shape index (κ1) is 23.9. The highest BCUT2D eigenvalue weighted by Crippen LogP contribution is 2.40. The summed E-state index contributed by atoms with van der Waals surface area (Å²) >= 11 is 0. The van der Waals surface area contributed by atoms with E-state index >= 15 is 0 Å². The van der Waals surface area contributed by atoms with Gasteiger partial charge in [0.05, 0.1) is 33.0 Å². The average molecular weight is 473 g/mol. The van der Waals surface area contributed by atoms with Gasteiger partial charge in [-0.15, -0.1) is 6.58 Å². The zero-order valence-electron chi connectivity index (χ0n) is 19.8. The van der Waals surface area contributed by atoms with Crippen LogP contribution in [0, 0.1) is 0 Å². The summed E-state index contributed by atoms with van der Waals surface area (Å²) in [5, 5.41) is 0. The molecule has 2 fully saturated rings. The lowest BCUT2D eigenvalue weighted by molar-refractivity contribution is -0.327. The lowest BCUT2D eigenvalue weighted by atomic mass is 9.83. The summed E-state index contributed by atoms with van der Waals surface area (Å²) in [6.07, 6.45) is 0.321. The fraction of sp³-hybridized carbons (Fsp3) is 0.333. The Bertz CT molecular complexity index is 1060. The van der Waals surface area contributed by atoms with E-state index < -0.39 is 11.7 Å². The van der Waals surface area contributed by atoms with Crippen LogP contribution in [0.25, 0.3) is 0 Å². The monoisotopic (exact) mass is 472 g/mol. The van der Waals surface area contributed by atoms with Crippen molar-refractivity contribution < 1.29 is 23.7 Å². The number of hydrogen-bond acceptors (Lipinski definition) is 5. The van der Waals surface area contributed by atoms with E-state index in [0.29, 0.717) is 33.0 Å². The van der Waals surface area contributed by atoms with Gasteiger partial charge in [0.2, 0.25) is 0 Å². The van der Waals surface area contributed by atoms with Crippen molar-refractivity contribution in [2.45, 2.75) is 49.8 Å². The first-order valence-corrected chi connectivity index (χ1v) is 12.1. The summed E-state index contributed by atoms with van der Waals surface area (Å²) in [5.41, 5.74) is 2.45. The third-order valence-electron chi connectivity index (χ3n) is 6.64. The Hall–Kier alpha value is -2.80. The minimum absolute atomic E-state index is 0.289. The van der Waals surface area contributed by atoms with E-state index in [1.54, 1.807) is 6.08 Å². The molecular formula is C30H32O5. The zero-order chi connectivity index (χ0) is 23.9. The number of benzene rings is 3. The van der Waals surface area contributed by atoms with E-state index in [1.807, 2.05) is 66.7 Å². The minimum atomic E-state index is -0.814. The predicted molar refractivity (Wildman–Crippen MR) is 134 cm³/mol. The minimum Gasteiger partial charge on any atom is -0.375 e. The maximum absolute atomic E-state index is 6.60. The van der Waals surface area contributed by atoms with Crippen molar-refractivity contribution in [1.82, 2.24) is 0 Å². The van der Waals surface area contributed by atoms with Crippen LogP contribution in [-0.2, 0) is 43.5 Å². The van der Waals surface area contributed by atoms with Crippen LogP contribution < -0.4 is 0 Å². The average Bonchev–Trinajstić information content (AvgIpc) is 2.93. The molecule has 2 saturated heterocycles. The molecule has 0 aromatic heterocycles. The van der Waals surface area contributed by atoms with Crippen molar-refractivity contribution in [3.05, 3.63) is 120 Å². The molecule has 2 aliphatic rings. The van der Waals surface area contributed by atoms with Gasteiger partial charge in [0, 0.05) is 0 Å². The molecule has 35 heavy (non-hydrogen) atoms. The Kier molecular flexibility index (Phi) is 7.72. The maximum Gasteiger partial charge on any atom is 0.138 e. The molecule has 2 bridgehead atoms. The van der Waals surface area contributed by atoms with Crippen molar-refractivity contribution in [2.75, 3.05) is 13.2 Å². The van der Waals surface area contributed by atoms with E-state index in [0.717, 1.165) is 16.7 Å². The number of fused-ring (bicyclic) bond motifs is 2. The molecule has 0 amide bonds. The largest absolute Gasteiger partial charge is 0.375 e. The van der Waals surface area contributed by atoms with Crippen LogP contribution in [0.2, 0.25) is 0 Å². The Balaban J connectivity index is 1.42. The van der Waals surface area contributed by atoms with Crippen molar-refractivity contribution in [3.8, 4) is 0 Å². The van der Waals surface area contributed by atoms with E-state index in [4.69, 9.17) is 23.7 Å². The number of rotatable bonds is 10. The van der Waals surface area contributed by atoms with Crippen molar-refractivity contribution in [2.24, 2.45) is 0 Å². The molecule has 2 aliphatic heterocycles. The van der Waals surface area contributed by atoms with Gasteiger partial charge in [-0.2, -0.15) is 0 Å². The summed E-state index contributed by atoms with van der Waals surface area (Å²) < 4.78 is 32.2.